The van der Waals surface area contributed by atoms with Crippen molar-refractivity contribution in [1.29, 1.82) is 0 Å². The van der Waals surface area contributed by atoms with E-state index < -0.39 is 0 Å². The van der Waals surface area contributed by atoms with Gasteiger partial charge >= 0.3 is 24.8 Å². The van der Waals surface area contributed by atoms with E-state index in [0.717, 1.165) is 0 Å². The third kappa shape index (κ3) is 5.25. The van der Waals surface area contributed by atoms with E-state index in [0.29, 0.717) is 0 Å². The van der Waals surface area contributed by atoms with Crippen LogP contribution in [0, 0.1) is 13.8 Å². The van der Waals surface area contributed by atoms with Gasteiger partial charge in [0.2, 0.25) is 0 Å². The van der Waals surface area contributed by atoms with Crippen LogP contribution in [0.2, 0.25) is 0 Å². The van der Waals surface area contributed by atoms with Crippen molar-refractivity contribution in [3.8, 4) is 22.3 Å². The van der Waals surface area contributed by atoms with Crippen molar-refractivity contribution in [2.75, 3.05) is 0 Å². The number of hydrogen-bond acceptors (Lipinski definition) is 0. The van der Waals surface area contributed by atoms with Crippen LogP contribution in [0.1, 0.15) is 11.1 Å². The molecule has 0 fully saturated rings. The minimum atomic E-state index is 1.29. The molecule has 0 radical (unpaired) electrons. The van der Waals surface area contributed by atoms with Crippen molar-refractivity contribution in [3.05, 3.63) is 132 Å². The molecule has 0 aromatic heterocycles. The van der Waals surface area contributed by atoms with Crippen molar-refractivity contribution in [3.63, 3.8) is 0 Å². The normalized spacial score (nSPS) is 10.4. The Bertz CT molecular complexity index is 1370. The van der Waals surface area contributed by atoms with E-state index in [1.54, 1.807) is 20.0 Å². The molecule has 0 aliphatic carbocycles. The second kappa shape index (κ2) is 11.2. The molecule has 6 rings (SSSR count). The third-order valence-corrected chi connectivity index (χ3v) is 5.96. The molecule has 0 atom stereocenters. The molecule has 0 heterocycles. The van der Waals surface area contributed by atoms with Crippen LogP contribution in [-0.2, 0) is 20.0 Å². The average Bonchev–Trinajstić information content (AvgIpc) is 3.47. The minimum absolute atomic E-state index is 1.29. The van der Waals surface area contributed by atoms with Gasteiger partial charge in [-0.25, -0.2) is 0 Å². The Kier molecular flexibility index (Phi) is 7.85. The van der Waals surface area contributed by atoms with E-state index >= 15 is 0 Å². The van der Waals surface area contributed by atoms with Crippen LogP contribution in [-0.4, -0.2) is 4.82 Å². The van der Waals surface area contributed by atoms with Crippen molar-refractivity contribution in [2.24, 2.45) is 0 Å². The van der Waals surface area contributed by atoms with Gasteiger partial charge in [0.25, 0.3) is 0 Å². The molecule has 164 valence electrons. The van der Waals surface area contributed by atoms with Gasteiger partial charge in [-0.05, 0) is 11.1 Å². The van der Waals surface area contributed by atoms with Crippen LogP contribution < -0.4 is 0 Å². The number of fused-ring (bicyclic) bond motifs is 2. The summed E-state index contributed by atoms with van der Waals surface area (Å²) < 4.78 is 0. The van der Waals surface area contributed by atoms with Crippen molar-refractivity contribution < 1.29 is 20.0 Å². The number of aryl methyl sites for hydroxylation is 2. The zero-order valence-corrected chi connectivity index (χ0v) is 21.3. The van der Waals surface area contributed by atoms with E-state index in [9.17, 15) is 0 Å². The van der Waals surface area contributed by atoms with Gasteiger partial charge in [-0.3, -0.25) is 0 Å². The second-order valence-corrected chi connectivity index (χ2v) is 8.41. The van der Waals surface area contributed by atoms with Crippen molar-refractivity contribution in [1.82, 2.24) is 0 Å². The van der Waals surface area contributed by atoms with E-state index in [4.69, 9.17) is 0 Å². The Morgan fingerprint density at radius 1 is 0.500 bits per heavy atom. The molecule has 0 spiro atoms. The number of hydrogen-bond donors (Lipinski definition) is 0. The van der Waals surface area contributed by atoms with Crippen LogP contribution in [0.5, 0.6) is 0 Å². The summed E-state index contributed by atoms with van der Waals surface area (Å²) in [7, 11) is 0. The first kappa shape index (κ1) is 23.8. The molecule has 0 saturated carbocycles. The van der Waals surface area contributed by atoms with Gasteiger partial charge < -0.3 is 0 Å². The maximum atomic E-state index is 3.25. The Labute approximate surface area is 214 Å². The Hall–Kier alpha value is -3.32. The van der Waals surface area contributed by atoms with E-state index in [1.165, 1.54) is 54.9 Å². The summed E-state index contributed by atoms with van der Waals surface area (Å²) in [5, 5.41) is 5.37. The summed E-state index contributed by atoms with van der Waals surface area (Å²) in [5.74, 6) is 0. The van der Waals surface area contributed by atoms with E-state index in [2.05, 4.69) is 140 Å². The monoisotopic (exact) mass is 472 g/mol. The zero-order chi connectivity index (χ0) is 23.9. The van der Waals surface area contributed by atoms with Gasteiger partial charge in [0, 0.05) is 0 Å². The standard InChI is InChI=1S/2C16H13.CH2.Ti/c2*1-12-10-14-8-5-9-15(16(14)11-12)13-6-3-2-4-7-13;;/h2*2-11H,1H3;1H2;/q2*-1;;+2. The first-order chi connectivity index (χ1) is 16.7. The van der Waals surface area contributed by atoms with Crippen LogP contribution in [0.25, 0.3) is 43.8 Å². The molecule has 0 amide bonds. The summed E-state index contributed by atoms with van der Waals surface area (Å²) in [4.78, 5) is 3.25. The van der Waals surface area contributed by atoms with Gasteiger partial charge in [-0.2, -0.15) is 12.1 Å². The molecular formula is C33H28Ti. The molecule has 0 nitrogen and oxygen atoms in total. The van der Waals surface area contributed by atoms with Crippen LogP contribution >= 0.6 is 0 Å². The summed E-state index contributed by atoms with van der Waals surface area (Å²) in [6.07, 6.45) is 0. The van der Waals surface area contributed by atoms with Gasteiger partial charge in [0.1, 0.15) is 0 Å². The van der Waals surface area contributed by atoms with Crippen molar-refractivity contribution in [2.45, 2.75) is 13.8 Å². The molecule has 0 N–H and O–H groups in total. The molecule has 0 saturated heterocycles. The predicted octanol–water partition coefficient (Wildman–Crippen LogP) is 9.03. The fraction of sp³-hybridized carbons (Fsp3) is 0.0606. The average molecular weight is 472 g/mol. The summed E-state index contributed by atoms with van der Waals surface area (Å²) in [6.45, 7) is 4.30. The van der Waals surface area contributed by atoms with Crippen molar-refractivity contribution >= 4 is 26.4 Å². The summed E-state index contributed by atoms with van der Waals surface area (Å²) in [5.41, 5.74) is 7.89. The molecule has 0 bridgehead atoms. The molecule has 0 aliphatic heterocycles. The molecule has 0 aliphatic rings. The van der Waals surface area contributed by atoms with Gasteiger partial charge in [-0.1, -0.05) is 97.8 Å². The van der Waals surface area contributed by atoms with Crippen LogP contribution in [0.15, 0.2) is 121 Å². The first-order valence-corrected chi connectivity index (χ1v) is 12.6. The zero-order valence-electron chi connectivity index (χ0n) is 19.8. The second-order valence-electron chi connectivity index (χ2n) is 8.41. The van der Waals surface area contributed by atoms with E-state index in [1.807, 2.05) is 0 Å². The van der Waals surface area contributed by atoms with Gasteiger partial charge in [-0.15, -0.1) is 69.1 Å². The molecule has 6 aromatic carbocycles. The fourth-order valence-corrected chi connectivity index (χ4v) is 4.51. The van der Waals surface area contributed by atoms with Gasteiger partial charge in [0.15, 0.2) is 0 Å². The number of benzene rings is 4. The number of rotatable bonds is 2. The maximum absolute atomic E-state index is 3.25. The first-order valence-electron chi connectivity index (χ1n) is 11.5. The fourth-order valence-electron chi connectivity index (χ4n) is 4.51. The SMILES string of the molecule is Cc1cc2c(-c3ccccc3)cccc2[cH-]1.Cc1cc2c(-c3ccccc3)cccc2[cH-]1.[CH2]=[Ti+2]. The molecule has 34 heavy (non-hydrogen) atoms. The van der Waals surface area contributed by atoms with Crippen LogP contribution in [0.3, 0.4) is 0 Å². The third-order valence-electron chi connectivity index (χ3n) is 5.96. The molecular weight excluding hydrogens is 444 g/mol. The molecule has 0 unspecified atom stereocenters. The van der Waals surface area contributed by atoms with Crippen LogP contribution in [0.4, 0.5) is 0 Å². The Morgan fingerprint density at radius 3 is 1.26 bits per heavy atom. The quantitative estimate of drug-likeness (QED) is 0.174. The Morgan fingerprint density at radius 2 is 0.882 bits per heavy atom. The topological polar surface area (TPSA) is 0 Å². The van der Waals surface area contributed by atoms with E-state index in [-0.39, 0.29) is 0 Å². The summed E-state index contributed by atoms with van der Waals surface area (Å²) in [6, 6.07) is 43.1. The molecule has 1 heteroatoms. The Balaban J connectivity index is 0.000000150. The summed E-state index contributed by atoms with van der Waals surface area (Å²) >= 11 is 1.75. The predicted molar refractivity (Wildman–Crippen MR) is 147 cm³/mol. The van der Waals surface area contributed by atoms with Gasteiger partial charge in [0.05, 0.1) is 0 Å². The molecule has 6 aromatic rings.